The van der Waals surface area contributed by atoms with Crippen LogP contribution in [-0.2, 0) is 0 Å². The van der Waals surface area contributed by atoms with E-state index in [0.717, 1.165) is 4.88 Å². The lowest BCUT2D eigenvalue weighted by atomic mass is 10.3. The highest BCUT2D eigenvalue weighted by Gasteiger charge is 2.26. The van der Waals surface area contributed by atoms with E-state index in [1.165, 1.54) is 11.3 Å². The van der Waals surface area contributed by atoms with Crippen molar-refractivity contribution in [2.45, 2.75) is 25.9 Å². The lowest BCUT2D eigenvalue weighted by Gasteiger charge is -2.08. The van der Waals surface area contributed by atoms with E-state index in [9.17, 15) is 13.2 Å². The molecule has 0 aliphatic carbocycles. The van der Waals surface area contributed by atoms with Crippen LogP contribution in [0.25, 0.3) is 10.2 Å². The Balaban J connectivity index is 2.07. The van der Waals surface area contributed by atoms with Crippen molar-refractivity contribution in [2.75, 3.05) is 6.61 Å². The van der Waals surface area contributed by atoms with Crippen molar-refractivity contribution in [2.24, 2.45) is 0 Å². The Morgan fingerprint density at radius 3 is 2.79 bits per heavy atom. The molecule has 0 aliphatic heterocycles. The number of aryl methyl sites for hydroxylation is 1. The van der Waals surface area contributed by atoms with Crippen LogP contribution in [0.1, 0.15) is 17.7 Å². The van der Waals surface area contributed by atoms with Crippen molar-refractivity contribution in [3.63, 3.8) is 0 Å². The summed E-state index contributed by atoms with van der Waals surface area (Å²) in [6, 6.07) is 1.83. The van der Waals surface area contributed by atoms with Crippen LogP contribution in [0.2, 0.25) is 5.28 Å². The van der Waals surface area contributed by atoms with E-state index in [2.05, 4.69) is 9.97 Å². The van der Waals surface area contributed by atoms with Gasteiger partial charge < -0.3 is 4.74 Å². The van der Waals surface area contributed by atoms with E-state index in [-0.39, 0.29) is 24.2 Å². The summed E-state index contributed by atoms with van der Waals surface area (Å²) < 4.78 is 41.3. The SMILES string of the molecule is Cc1cc2c(OCCCC(F)(F)F)nc(Cl)nc2s1. The number of fused-ring (bicyclic) bond motifs is 1. The molecule has 104 valence electrons. The third-order valence-electron chi connectivity index (χ3n) is 2.30. The molecule has 0 radical (unpaired) electrons. The Hall–Kier alpha value is -1.08. The second-order valence-electron chi connectivity index (χ2n) is 3.94. The highest BCUT2D eigenvalue weighted by atomic mass is 35.5. The summed E-state index contributed by atoms with van der Waals surface area (Å²) in [6.45, 7) is 1.84. The van der Waals surface area contributed by atoms with E-state index in [4.69, 9.17) is 16.3 Å². The number of nitrogens with zero attached hydrogens (tertiary/aromatic N) is 2. The number of ether oxygens (including phenoxy) is 1. The molecule has 0 saturated carbocycles. The zero-order valence-electron chi connectivity index (χ0n) is 9.92. The van der Waals surface area contributed by atoms with Gasteiger partial charge in [-0.15, -0.1) is 11.3 Å². The molecule has 0 spiro atoms. The summed E-state index contributed by atoms with van der Waals surface area (Å²) in [7, 11) is 0. The molecule has 0 fully saturated rings. The van der Waals surface area contributed by atoms with E-state index >= 15 is 0 Å². The first-order valence-electron chi connectivity index (χ1n) is 5.48. The lowest BCUT2D eigenvalue weighted by Crippen LogP contribution is -2.10. The van der Waals surface area contributed by atoms with Gasteiger partial charge in [0.15, 0.2) is 0 Å². The topological polar surface area (TPSA) is 35.0 Å². The van der Waals surface area contributed by atoms with Gasteiger partial charge in [-0.05, 0) is 31.0 Å². The number of thiophene rings is 1. The first-order valence-corrected chi connectivity index (χ1v) is 6.68. The average molecular weight is 311 g/mol. The van der Waals surface area contributed by atoms with E-state index in [0.29, 0.717) is 10.2 Å². The highest BCUT2D eigenvalue weighted by Crippen LogP contribution is 2.31. The monoisotopic (exact) mass is 310 g/mol. The molecule has 0 bridgehead atoms. The molecule has 0 unspecified atom stereocenters. The fourth-order valence-electron chi connectivity index (χ4n) is 1.54. The molecule has 8 heteroatoms. The predicted octanol–water partition coefficient (Wildman–Crippen LogP) is 4.37. The summed E-state index contributed by atoms with van der Waals surface area (Å²) in [5, 5.41) is 0.707. The maximum Gasteiger partial charge on any atom is 0.389 e. The number of alkyl halides is 3. The second kappa shape index (κ2) is 5.50. The molecule has 3 nitrogen and oxygen atoms in total. The van der Waals surface area contributed by atoms with Gasteiger partial charge in [-0.2, -0.15) is 18.2 Å². The van der Waals surface area contributed by atoms with Gasteiger partial charge in [-0.1, -0.05) is 0 Å². The van der Waals surface area contributed by atoms with Gasteiger partial charge in [-0.25, -0.2) is 4.98 Å². The fraction of sp³-hybridized carbons (Fsp3) is 0.455. The highest BCUT2D eigenvalue weighted by molar-refractivity contribution is 7.18. The molecule has 0 aliphatic rings. The number of hydrogen-bond acceptors (Lipinski definition) is 4. The quantitative estimate of drug-likeness (QED) is 0.621. The zero-order chi connectivity index (χ0) is 14.0. The smallest absolute Gasteiger partial charge is 0.389 e. The number of hydrogen-bond donors (Lipinski definition) is 0. The summed E-state index contributed by atoms with van der Waals surface area (Å²) in [5.41, 5.74) is 0. The predicted molar refractivity (Wildman–Crippen MR) is 67.9 cm³/mol. The second-order valence-corrected chi connectivity index (χ2v) is 5.51. The minimum absolute atomic E-state index is 0.0279. The van der Waals surface area contributed by atoms with E-state index in [1.54, 1.807) is 0 Å². The molecule has 0 amide bonds. The van der Waals surface area contributed by atoms with Crippen LogP contribution in [-0.4, -0.2) is 22.8 Å². The molecular formula is C11H10ClF3N2OS. The minimum Gasteiger partial charge on any atom is -0.477 e. The van der Waals surface area contributed by atoms with Gasteiger partial charge in [0.1, 0.15) is 4.83 Å². The molecule has 2 rings (SSSR count). The van der Waals surface area contributed by atoms with Crippen molar-refractivity contribution >= 4 is 33.2 Å². The standard InChI is InChI=1S/C11H10ClF3N2OS/c1-6-5-7-8(16-10(12)17-9(7)19-6)18-4-2-3-11(13,14)15/h5H,2-4H2,1H3. The Morgan fingerprint density at radius 1 is 1.37 bits per heavy atom. The molecule has 0 saturated heterocycles. The van der Waals surface area contributed by atoms with Crippen LogP contribution in [0.3, 0.4) is 0 Å². The van der Waals surface area contributed by atoms with Gasteiger partial charge in [0, 0.05) is 11.3 Å². The van der Waals surface area contributed by atoms with Gasteiger partial charge >= 0.3 is 6.18 Å². The van der Waals surface area contributed by atoms with Crippen LogP contribution in [0.4, 0.5) is 13.2 Å². The zero-order valence-corrected chi connectivity index (χ0v) is 11.5. The van der Waals surface area contributed by atoms with Crippen molar-refractivity contribution < 1.29 is 17.9 Å². The Bertz CT molecular complexity index is 585. The summed E-state index contributed by atoms with van der Waals surface area (Å²) >= 11 is 7.17. The van der Waals surface area contributed by atoms with Gasteiger partial charge in [-0.3, -0.25) is 0 Å². The maximum absolute atomic E-state index is 12.0. The summed E-state index contributed by atoms with van der Waals surface area (Å²) in [6.07, 6.45) is -5.16. The van der Waals surface area contributed by atoms with Crippen LogP contribution in [0, 0.1) is 6.92 Å². The average Bonchev–Trinajstić information content (AvgIpc) is 2.63. The molecule has 19 heavy (non-hydrogen) atoms. The minimum atomic E-state index is -4.17. The van der Waals surface area contributed by atoms with Gasteiger partial charge in [0.05, 0.1) is 12.0 Å². The van der Waals surface area contributed by atoms with Crippen LogP contribution in [0.15, 0.2) is 6.07 Å². The number of rotatable bonds is 4. The van der Waals surface area contributed by atoms with E-state index in [1.807, 2.05) is 13.0 Å². The molecule has 0 aromatic carbocycles. The molecular weight excluding hydrogens is 301 g/mol. The van der Waals surface area contributed by atoms with Crippen molar-refractivity contribution in [1.29, 1.82) is 0 Å². The van der Waals surface area contributed by atoms with Crippen LogP contribution >= 0.6 is 22.9 Å². The third-order valence-corrected chi connectivity index (χ3v) is 3.41. The first-order chi connectivity index (χ1) is 8.85. The Morgan fingerprint density at radius 2 is 2.11 bits per heavy atom. The van der Waals surface area contributed by atoms with Crippen LogP contribution in [0.5, 0.6) is 5.88 Å². The van der Waals surface area contributed by atoms with Crippen LogP contribution < -0.4 is 4.74 Å². The largest absolute Gasteiger partial charge is 0.477 e. The molecule has 0 N–H and O–H groups in total. The van der Waals surface area contributed by atoms with E-state index < -0.39 is 12.6 Å². The molecule has 2 heterocycles. The normalized spacial score (nSPS) is 12.1. The number of aromatic nitrogens is 2. The van der Waals surface area contributed by atoms with Crippen molar-refractivity contribution in [3.05, 3.63) is 16.2 Å². The molecule has 2 aromatic rings. The maximum atomic E-state index is 12.0. The molecule has 0 atom stereocenters. The summed E-state index contributed by atoms with van der Waals surface area (Å²) in [5.74, 6) is 0.238. The Kier molecular flexibility index (Phi) is 4.15. The molecule has 2 aromatic heterocycles. The van der Waals surface area contributed by atoms with Crippen molar-refractivity contribution in [1.82, 2.24) is 9.97 Å². The van der Waals surface area contributed by atoms with Gasteiger partial charge in [0.2, 0.25) is 11.2 Å². The summed E-state index contributed by atoms with van der Waals surface area (Å²) in [4.78, 5) is 9.62. The van der Waals surface area contributed by atoms with Gasteiger partial charge in [0.25, 0.3) is 0 Å². The van der Waals surface area contributed by atoms with Crippen molar-refractivity contribution in [3.8, 4) is 5.88 Å². The Labute approximate surface area is 116 Å². The fourth-order valence-corrected chi connectivity index (χ4v) is 2.62. The number of halogens is 4. The third kappa shape index (κ3) is 3.94. The lowest BCUT2D eigenvalue weighted by molar-refractivity contribution is -0.136. The first kappa shape index (κ1) is 14.3.